The quantitative estimate of drug-likeness (QED) is 0.542. The molecule has 26 heavy (non-hydrogen) atoms. The van der Waals surface area contributed by atoms with Gasteiger partial charge < -0.3 is 10.2 Å². The molecule has 0 amide bonds. The molecule has 0 aliphatic rings. The number of rotatable bonds is 6. The Kier molecular flexibility index (Phi) is 5.69. The van der Waals surface area contributed by atoms with E-state index in [1.165, 1.54) is 6.07 Å². The Morgan fingerprint density at radius 3 is 2.54 bits per heavy atom. The number of aliphatic hydroxyl groups is 1. The van der Waals surface area contributed by atoms with Gasteiger partial charge in [0.25, 0.3) is 0 Å². The fourth-order valence-electron chi connectivity index (χ4n) is 3.02. The van der Waals surface area contributed by atoms with Crippen LogP contribution in [0.2, 0.25) is 0 Å². The molecule has 2 nitrogen and oxygen atoms in total. The highest BCUT2D eigenvalue weighted by Crippen LogP contribution is 2.29. The lowest BCUT2D eigenvalue weighted by Gasteiger charge is -2.07. The van der Waals surface area contributed by atoms with Gasteiger partial charge in [0.15, 0.2) is 0 Å². The van der Waals surface area contributed by atoms with Gasteiger partial charge in [-0.2, -0.15) is 0 Å². The average Bonchev–Trinajstić information content (AvgIpc) is 2.61. The van der Waals surface area contributed by atoms with Crippen LogP contribution in [0.5, 0.6) is 5.75 Å². The van der Waals surface area contributed by atoms with E-state index in [2.05, 4.69) is 18.2 Å². The van der Waals surface area contributed by atoms with Crippen LogP contribution in [0.25, 0.3) is 28.0 Å². The summed E-state index contributed by atoms with van der Waals surface area (Å²) in [6.45, 7) is 1.81. The Morgan fingerprint density at radius 1 is 1.00 bits per heavy atom. The molecule has 3 heteroatoms. The van der Waals surface area contributed by atoms with E-state index in [9.17, 15) is 14.6 Å². The molecule has 3 aromatic carbocycles. The van der Waals surface area contributed by atoms with E-state index < -0.39 is 5.82 Å². The molecule has 0 radical (unpaired) electrons. The Hall–Kier alpha value is -2.65. The third-order valence-electron chi connectivity index (χ3n) is 4.43. The number of hydrogen-bond donors (Lipinski definition) is 2. The molecule has 0 aliphatic heterocycles. The van der Waals surface area contributed by atoms with Crippen molar-refractivity contribution in [2.75, 3.05) is 0 Å². The summed E-state index contributed by atoms with van der Waals surface area (Å²) < 4.78 is 14.1. The monoisotopic (exact) mass is 350 g/mol. The number of fused-ring (bicyclic) bond motifs is 1. The first-order chi connectivity index (χ1) is 12.5. The molecule has 0 aliphatic carbocycles. The van der Waals surface area contributed by atoms with Crippen LogP contribution in [0.15, 0.2) is 60.7 Å². The van der Waals surface area contributed by atoms with Gasteiger partial charge in [-0.05, 0) is 72.4 Å². The van der Waals surface area contributed by atoms with Crippen molar-refractivity contribution in [3.8, 4) is 16.9 Å². The van der Waals surface area contributed by atoms with Crippen LogP contribution in [0.3, 0.4) is 0 Å². The van der Waals surface area contributed by atoms with Crippen LogP contribution < -0.4 is 0 Å². The fraction of sp³-hybridized carbons (Fsp3) is 0.217. The van der Waals surface area contributed by atoms with Gasteiger partial charge in [-0.15, -0.1) is 0 Å². The van der Waals surface area contributed by atoms with Gasteiger partial charge >= 0.3 is 0 Å². The molecule has 0 saturated carbocycles. The van der Waals surface area contributed by atoms with Crippen molar-refractivity contribution < 1.29 is 14.6 Å². The molecule has 0 fully saturated rings. The second-order valence-electron chi connectivity index (χ2n) is 6.67. The zero-order valence-electron chi connectivity index (χ0n) is 14.8. The van der Waals surface area contributed by atoms with Gasteiger partial charge in [0.05, 0.1) is 6.10 Å². The molecule has 0 spiro atoms. The van der Waals surface area contributed by atoms with Gasteiger partial charge in [0.2, 0.25) is 0 Å². The number of phenolic OH excluding ortho intramolecular Hbond substituents is 1. The lowest BCUT2D eigenvalue weighted by molar-refractivity contribution is 0.182. The third-order valence-corrected chi connectivity index (χ3v) is 4.43. The number of unbranched alkanes of at least 4 members (excludes halogenated alkanes) is 1. The van der Waals surface area contributed by atoms with Crippen LogP contribution in [0.1, 0.15) is 31.7 Å². The molecular formula is C23H23FO2. The summed E-state index contributed by atoms with van der Waals surface area (Å²) in [7, 11) is 0. The van der Waals surface area contributed by atoms with E-state index in [4.69, 9.17) is 0 Å². The maximum atomic E-state index is 14.1. The third kappa shape index (κ3) is 4.50. The molecular weight excluding hydrogens is 327 g/mol. The largest absolute Gasteiger partial charge is 0.508 e. The Bertz CT molecular complexity index is 929. The number of aromatic hydroxyl groups is 1. The van der Waals surface area contributed by atoms with Crippen molar-refractivity contribution >= 4 is 16.8 Å². The summed E-state index contributed by atoms with van der Waals surface area (Å²) in [4.78, 5) is 0. The van der Waals surface area contributed by atoms with Crippen LogP contribution in [0.4, 0.5) is 4.39 Å². The lowest BCUT2D eigenvalue weighted by Crippen LogP contribution is -1.97. The highest BCUT2D eigenvalue weighted by Gasteiger charge is 2.07. The molecule has 0 heterocycles. The molecule has 1 atom stereocenters. The van der Waals surface area contributed by atoms with Crippen LogP contribution >= 0.6 is 0 Å². The minimum absolute atomic E-state index is 0.0723. The molecule has 0 aromatic heterocycles. The normalized spacial score (nSPS) is 12.7. The maximum absolute atomic E-state index is 14.1. The number of benzene rings is 3. The summed E-state index contributed by atoms with van der Waals surface area (Å²) >= 11 is 0. The number of phenols is 1. The Balaban J connectivity index is 1.78. The lowest BCUT2D eigenvalue weighted by atomic mass is 9.99. The molecule has 3 aromatic rings. The van der Waals surface area contributed by atoms with Crippen LogP contribution in [-0.4, -0.2) is 16.3 Å². The molecule has 1 unspecified atom stereocenters. The van der Waals surface area contributed by atoms with E-state index in [-0.39, 0.29) is 11.9 Å². The van der Waals surface area contributed by atoms with Gasteiger partial charge in [0.1, 0.15) is 11.6 Å². The summed E-state index contributed by atoms with van der Waals surface area (Å²) in [5.41, 5.74) is 2.39. The maximum Gasteiger partial charge on any atom is 0.134 e. The zero-order valence-corrected chi connectivity index (χ0v) is 14.8. The van der Waals surface area contributed by atoms with Crippen molar-refractivity contribution in [3.63, 3.8) is 0 Å². The van der Waals surface area contributed by atoms with Crippen molar-refractivity contribution in [1.82, 2.24) is 0 Å². The number of aliphatic hydroxyl groups excluding tert-OH is 1. The first-order valence-electron chi connectivity index (χ1n) is 8.90. The minimum Gasteiger partial charge on any atom is -0.508 e. The smallest absolute Gasteiger partial charge is 0.134 e. The SMILES string of the molecule is CC(O)CCC/C=C/c1ccc2cc(-c3ccc(O)cc3F)ccc2c1. The first-order valence-corrected chi connectivity index (χ1v) is 8.90. The van der Waals surface area contributed by atoms with Crippen molar-refractivity contribution in [2.24, 2.45) is 0 Å². The molecule has 134 valence electrons. The molecule has 2 N–H and O–H groups in total. The highest BCUT2D eigenvalue weighted by atomic mass is 19.1. The van der Waals surface area contributed by atoms with Gasteiger partial charge in [-0.3, -0.25) is 0 Å². The van der Waals surface area contributed by atoms with E-state index >= 15 is 0 Å². The van der Waals surface area contributed by atoms with Crippen molar-refractivity contribution in [3.05, 3.63) is 72.1 Å². The Morgan fingerprint density at radius 2 is 1.77 bits per heavy atom. The second-order valence-corrected chi connectivity index (χ2v) is 6.67. The summed E-state index contributed by atoms with van der Waals surface area (Å²) in [6, 6.07) is 16.3. The van der Waals surface area contributed by atoms with E-state index in [0.717, 1.165) is 47.2 Å². The van der Waals surface area contributed by atoms with Crippen LogP contribution in [-0.2, 0) is 0 Å². The van der Waals surface area contributed by atoms with E-state index in [0.29, 0.717) is 5.56 Å². The van der Waals surface area contributed by atoms with Gasteiger partial charge in [-0.1, -0.05) is 36.4 Å². The first kappa shape index (κ1) is 18.2. The standard InChI is InChI=1S/C23H23FO2/c1-16(25)5-3-2-4-6-17-7-8-19-14-20(10-9-18(19)13-17)22-12-11-21(26)15-23(22)24/h4,6-16,25-26H,2-3,5H2,1H3/b6-4+. The minimum atomic E-state index is -0.430. The highest BCUT2D eigenvalue weighted by molar-refractivity contribution is 5.89. The van der Waals surface area contributed by atoms with Crippen molar-refractivity contribution in [2.45, 2.75) is 32.3 Å². The van der Waals surface area contributed by atoms with Crippen molar-refractivity contribution in [1.29, 1.82) is 0 Å². The predicted molar refractivity (Wildman–Crippen MR) is 106 cm³/mol. The van der Waals surface area contributed by atoms with E-state index in [1.54, 1.807) is 6.07 Å². The molecule has 0 bridgehead atoms. The summed E-state index contributed by atoms with van der Waals surface area (Å²) in [5, 5.41) is 20.8. The van der Waals surface area contributed by atoms with Crippen LogP contribution in [0, 0.1) is 5.82 Å². The Labute approximate surface area is 153 Å². The topological polar surface area (TPSA) is 40.5 Å². The number of halogens is 1. The average molecular weight is 350 g/mol. The number of hydrogen-bond acceptors (Lipinski definition) is 2. The molecule has 0 saturated heterocycles. The second kappa shape index (κ2) is 8.15. The predicted octanol–water partition coefficient (Wildman–Crippen LogP) is 5.92. The molecule has 3 rings (SSSR count). The zero-order chi connectivity index (χ0) is 18.5. The van der Waals surface area contributed by atoms with Gasteiger partial charge in [0, 0.05) is 11.6 Å². The summed E-state index contributed by atoms with van der Waals surface area (Å²) in [6.07, 6.45) is 6.72. The summed E-state index contributed by atoms with van der Waals surface area (Å²) in [5.74, 6) is -0.502. The van der Waals surface area contributed by atoms with E-state index in [1.807, 2.05) is 37.3 Å². The fourth-order valence-corrected chi connectivity index (χ4v) is 3.02. The van der Waals surface area contributed by atoms with Gasteiger partial charge in [-0.25, -0.2) is 4.39 Å². The number of allylic oxidation sites excluding steroid dienone is 1.